The summed E-state index contributed by atoms with van der Waals surface area (Å²) in [5, 5.41) is 3.71. The molecule has 0 bridgehead atoms. The number of hydrogen-bond donors (Lipinski definition) is 1. The van der Waals surface area contributed by atoms with Crippen molar-refractivity contribution in [3.63, 3.8) is 0 Å². The van der Waals surface area contributed by atoms with Crippen molar-refractivity contribution in [2.24, 2.45) is 0 Å². The maximum atomic E-state index is 3.71. The zero-order valence-corrected chi connectivity index (χ0v) is 11.6. The zero-order chi connectivity index (χ0) is 12.1. The lowest BCUT2D eigenvalue weighted by molar-refractivity contribution is 0.176. The van der Waals surface area contributed by atoms with Crippen molar-refractivity contribution in [3.05, 3.63) is 0 Å². The molecule has 0 aromatic carbocycles. The molecule has 100 valence electrons. The molecule has 0 aromatic rings. The SMILES string of the molecule is CCN1CCCC1CNCC1CCCCN1C. The van der Waals surface area contributed by atoms with Crippen molar-refractivity contribution in [1.82, 2.24) is 15.1 Å². The van der Waals surface area contributed by atoms with Crippen LogP contribution >= 0.6 is 0 Å². The second-order valence-electron chi connectivity index (χ2n) is 5.71. The number of nitrogens with one attached hydrogen (secondary N) is 1. The predicted octanol–water partition coefficient (Wildman–Crippen LogP) is 1.54. The van der Waals surface area contributed by atoms with Gasteiger partial charge in [0.1, 0.15) is 0 Å². The van der Waals surface area contributed by atoms with Crippen LogP contribution in [-0.2, 0) is 0 Å². The third kappa shape index (κ3) is 3.67. The molecule has 2 heterocycles. The third-order valence-corrected chi connectivity index (χ3v) is 4.59. The van der Waals surface area contributed by atoms with E-state index >= 15 is 0 Å². The van der Waals surface area contributed by atoms with Gasteiger partial charge in [0.25, 0.3) is 0 Å². The normalized spacial score (nSPS) is 32.1. The molecule has 0 radical (unpaired) electrons. The van der Waals surface area contributed by atoms with Gasteiger partial charge >= 0.3 is 0 Å². The van der Waals surface area contributed by atoms with Crippen LogP contribution in [0.4, 0.5) is 0 Å². The molecule has 2 unspecified atom stereocenters. The van der Waals surface area contributed by atoms with Gasteiger partial charge in [0.05, 0.1) is 0 Å². The van der Waals surface area contributed by atoms with E-state index in [1.807, 2.05) is 0 Å². The highest BCUT2D eigenvalue weighted by Gasteiger charge is 2.23. The summed E-state index contributed by atoms with van der Waals surface area (Å²) in [4.78, 5) is 5.15. The van der Waals surface area contributed by atoms with Gasteiger partial charge in [0.15, 0.2) is 0 Å². The Hall–Kier alpha value is -0.120. The predicted molar refractivity (Wildman–Crippen MR) is 73.4 cm³/mol. The molecule has 0 saturated carbocycles. The fourth-order valence-corrected chi connectivity index (χ4v) is 3.36. The van der Waals surface area contributed by atoms with E-state index in [1.165, 1.54) is 64.8 Å². The summed E-state index contributed by atoms with van der Waals surface area (Å²) < 4.78 is 0. The zero-order valence-electron chi connectivity index (χ0n) is 11.6. The first-order valence-electron chi connectivity index (χ1n) is 7.46. The number of piperidine rings is 1. The molecule has 2 aliphatic rings. The van der Waals surface area contributed by atoms with E-state index in [1.54, 1.807) is 0 Å². The monoisotopic (exact) mass is 239 g/mol. The van der Waals surface area contributed by atoms with Gasteiger partial charge in [-0.25, -0.2) is 0 Å². The lowest BCUT2D eigenvalue weighted by Crippen LogP contribution is -2.46. The van der Waals surface area contributed by atoms with E-state index in [0.717, 1.165) is 12.1 Å². The van der Waals surface area contributed by atoms with Gasteiger partial charge in [0, 0.05) is 25.2 Å². The fraction of sp³-hybridized carbons (Fsp3) is 1.00. The van der Waals surface area contributed by atoms with Crippen LogP contribution in [0.5, 0.6) is 0 Å². The topological polar surface area (TPSA) is 18.5 Å². The average Bonchev–Trinajstić information content (AvgIpc) is 2.79. The van der Waals surface area contributed by atoms with Crippen LogP contribution in [0.15, 0.2) is 0 Å². The maximum absolute atomic E-state index is 3.71. The van der Waals surface area contributed by atoms with Crippen LogP contribution in [0, 0.1) is 0 Å². The number of rotatable bonds is 5. The summed E-state index contributed by atoms with van der Waals surface area (Å²) in [5.41, 5.74) is 0. The molecule has 0 spiro atoms. The summed E-state index contributed by atoms with van der Waals surface area (Å²) in [6.07, 6.45) is 6.97. The molecule has 3 heteroatoms. The van der Waals surface area contributed by atoms with Crippen molar-refractivity contribution in [2.75, 3.05) is 39.8 Å². The van der Waals surface area contributed by atoms with Gasteiger partial charge < -0.3 is 10.2 Å². The molecule has 0 aliphatic carbocycles. The van der Waals surface area contributed by atoms with Crippen molar-refractivity contribution in [1.29, 1.82) is 0 Å². The van der Waals surface area contributed by atoms with Crippen LogP contribution in [-0.4, -0.2) is 61.7 Å². The van der Waals surface area contributed by atoms with Crippen molar-refractivity contribution in [2.45, 2.75) is 51.1 Å². The number of nitrogens with zero attached hydrogens (tertiary/aromatic N) is 2. The first-order valence-corrected chi connectivity index (χ1v) is 7.46. The molecule has 2 fully saturated rings. The molecule has 2 rings (SSSR count). The Morgan fingerprint density at radius 2 is 1.76 bits per heavy atom. The smallest absolute Gasteiger partial charge is 0.0221 e. The highest BCUT2D eigenvalue weighted by molar-refractivity contribution is 4.82. The molecule has 1 N–H and O–H groups in total. The first kappa shape index (κ1) is 13.3. The van der Waals surface area contributed by atoms with E-state index in [-0.39, 0.29) is 0 Å². The van der Waals surface area contributed by atoms with Crippen LogP contribution in [0.25, 0.3) is 0 Å². The molecule has 0 amide bonds. The van der Waals surface area contributed by atoms with Gasteiger partial charge in [-0.1, -0.05) is 13.3 Å². The van der Waals surface area contributed by atoms with Crippen molar-refractivity contribution >= 4 is 0 Å². The molecule has 0 aromatic heterocycles. The Morgan fingerprint density at radius 1 is 1.00 bits per heavy atom. The molecule has 3 nitrogen and oxygen atoms in total. The molecule has 2 saturated heterocycles. The summed E-state index contributed by atoms with van der Waals surface area (Å²) in [7, 11) is 2.28. The highest BCUT2D eigenvalue weighted by atomic mass is 15.2. The van der Waals surface area contributed by atoms with Gasteiger partial charge in [-0.2, -0.15) is 0 Å². The Bertz CT molecular complexity index is 218. The Kier molecular flexibility index (Phi) is 5.26. The number of hydrogen-bond acceptors (Lipinski definition) is 3. The van der Waals surface area contributed by atoms with Crippen LogP contribution in [0.2, 0.25) is 0 Å². The number of likely N-dealkylation sites (tertiary alicyclic amines) is 2. The van der Waals surface area contributed by atoms with Gasteiger partial charge in [-0.3, -0.25) is 4.90 Å². The number of likely N-dealkylation sites (N-methyl/N-ethyl adjacent to an activating group) is 2. The fourth-order valence-electron chi connectivity index (χ4n) is 3.36. The van der Waals surface area contributed by atoms with E-state index in [4.69, 9.17) is 0 Å². The second-order valence-corrected chi connectivity index (χ2v) is 5.71. The lowest BCUT2D eigenvalue weighted by atomic mass is 10.0. The van der Waals surface area contributed by atoms with Gasteiger partial charge in [0.2, 0.25) is 0 Å². The van der Waals surface area contributed by atoms with E-state index in [0.29, 0.717) is 0 Å². The summed E-state index contributed by atoms with van der Waals surface area (Å²) in [5.74, 6) is 0. The minimum absolute atomic E-state index is 0.778. The molecule has 17 heavy (non-hydrogen) atoms. The minimum atomic E-state index is 0.778. The van der Waals surface area contributed by atoms with Gasteiger partial charge in [-0.05, 0) is 52.4 Å². The first-order chi connectivity index (χ1) is 8.31. The van der Waals surface area contributed by atoms with Crippen LogP contribution in [0.3, 0.4) is 0 Å². The third-order valence-electron chi connectivity index (χ3n) is 4.59. The highest BCUT2D eigenvalue weighted by Crippen LogP contribution is 2.17. The molecule has 2 atom stereocenters. The summed E-state index contributed by atoms with van der Waals surface area (Å²) in [6.45, 7) is 8.48. The Labute approximate surface area is 107 Å². The molecular weight excluding hydrogens is 210 g/mol. The van der Waals surface area contributed by atoms with Gasteiger partial charge in [-0.15, -0.1) is 0 Å². The molecule has 2 aliphatic heterocycles. The average molecular weight is 239 g/mol. The largest absolute Gasteiger partial charge is 0.314 e. The standard InChI is InChI=1S/C14H29N3/c1-3-17-10-6-8-14(17)12-15-11-13-7-4-5-9-16(13)2/h13-15H,3-12H2,1-2H3. The van der Waals surface area contributed by atoms with E-state index < -0.39 is 0 Å². The maximum Gasteiger partial charge on any atom is 0.0221 e. The minimum Gasteiger partial charge on any atom is -0.314 e. The van der Waals surface area contributed by atoms with E-state index in [9.17, 15) is 0 Å². The van der Waals surface area contributed by atoms with E-state index in [2.05, 4.69) is 29.1 Å². The quantitative estimate of drug-likeness (QED) is 0.785. The lowest BCUT2D eigenvalue weighted by Gasteiger charge is -2.33. The Balaban J connectivity index is 1.65. The van der Waals surface area contributed by atoms with Crippen LogP contribution in [0.1, 0.15) is 39.0 Å². The summed E-state index contributed by atoms with van der Waals surface area (Å²) >= 11 is 0. The Morgan fingerprint density at radius 3 is 2.53 bits per heavy atom. The van der Waals surface area contributed by atoms with Crippen molar-refractivity contribution in [3.8, 4) is 0 Å². The summed E-state index contributed by atoms with van der Waals surface area (Å²) in [6, 6.07) is 1.58. The molecular formula is C14H29N3. The van der Waals surface area contributed by atoms with Crippen molar-refractivity contribution < 1.29 is 0 Å². The van der Waals surface area contributed by atoms with Crippen LogP contribution < -0.4 is 5.32 Å². The second kappa shape index (κ2) is 6.72.